The molecule has 0 aliphatic carbocycles. The van der Waals surface area contributed by atoms with Gasteiger partial charge in [-0.3, -0.25) is 4.57 Å². The molecule has 0 amide bonds. The molecule has 2 N–H and O–H groups in total. The van der Waals surface area contributed by atoms with E-state index in [0.717, 1.165) is 28.2 Å². The average molecular weight is 339 g/mol. The van der Waals surface area contributed by atoms with Gasteiger partial charge in [0.25, 0.3) is 0 Å². The van der Waals surface area contributed by atoms with E-state index in [1.165, 1.54) is 16.7 Å². The van der Waals surface area contributed by atoms with Crippen molar-refractivity contribution in [3.05, 3.63) is 54.1 Å². The van der Waals surface area contributed by atoms with Crippen LogP contribution in [0.15, 0.2) is 48.5 Å². The van der Waals surface area contributed by atoms with E-state index >= 15 is 0 Å². The molecule has 0 saturated heterocycles. The second-order valence-electron chi connectivity index (χ2n) is 5.74. The van der Waals surface area contributed by atoms with Crippen molar-refractivity contribution in [2.24, 2.45) is 0 Å². The predicted molar refractivity (Wildman–Crippen MR) is 91.4 cm³/mol. The van der Waals surface area contributed by atoms with Gasteiger partial charge in [0.1, 0.15) is 5.75 Å². The van der Waals surface area contributed by atoms with E-state index in [1.807, 2.05) is 36.4 Å². The van der Waals surface area contributed by atoms with Crippen LogP contribution in [0.1, 0.15) is 5.56 Å². The highest BCUT2D eigenvalue weighted by Crippen LogP contribution is 2.39. The van der Waals surface area contributed by atoms with E-state index in [0.29, 0.717) is 12.3 Å². The molecule has 1 aromatic heterocycles. The number of aromatic nitrogens is 1. The van der Waals surface area contributed by atoms with Crippen LogP contribution in [0.3, 0.4) is 0 Å². The van der Waals surface area contributed by atoms with E-state index < -0.39 is 0 Å². The third-order valence-corrected chi connectivity index (χ3v) is 4.22. The lowest BCUT2D eigenvalue weighted by molar-refractivity contribution is 0.174. The van der Waals surface area contributed by atoms with Gasteiger partial charge in [-0.2, -0.15) is 0 Å². The van der Waals surface area contributed by atoms with Gasteiger partial charge < -0.3 is 24.4 Å². The number of aromatic hydroxyl groups is 2. The van der Waals surface area contributed by atoms with Crippen LogP contribution in [0.5, 0.6) is 29.0 Å². The van der Waals surface area contributed by atoms with Crippen LogP contribution in [-0.4, -0.2) is 28.7 Å². The molecule has 0 unspecified atom stereocenters. The zero-order valence-electron chi connectivity index (χ0n) is 13.6. The molecule has 25 heavy (non-hydrogen) atoms. The van der Waals surface area contributed by atoms with Crippen molar-refractivity contribution >= 4 is 0 Å². The first kappa shape index (κ1) is 15.3. The molecule has 6 heteroatoms. The molecule has 0 radical (unpaired) electrons. The summed E-state index contributed by atoms with van der Waals surface area (Å²) >= 11 is 0. The molecule has 0 saturated carbocycles. The monoisotopic (exact) mass is 339 g/mol. The van der Waals surface area contributed by atoms with Gasteiger partial charge in [0.15, 0.2) is 23.3 Å². The summed E-state index contributed by atoms with van der Waals surface area (Å²) in [6, 6.07) is 14.4. The summed E-state index contributed by atoms with van der Waals surface area (Å²) in [6.45, 7) is 0.564. The molecule has 0 bridgehead atoms. The largest absolute Gasteiger partial charge is 0.496 e. The Hall–Kier alpha value is -3.28. The zero-order valence-corrected chi connectivity index (χ0v) is 13.6. The zero-order chi connectivity index (χ0) is 17.4. The fourth-order valence-corrected chi connectivity index (χ4v) is 2.93. The highest BCUT2D eigenvalue weighted by Gasteiger charge is 2.16. The standard InChI is InChI=1S/C19H17NO5/c1-23-15-4-2-12(10-20-18(21)6-7-19(20)22)8-14(15)13-3-5-16-17(9-13)25-11-24-16/h2-9,21-22H,10-11H2,1H3. The number of fused-ring (bicyclic) bond motifs is 1. The maximum absolute atomic E-state index is 9.83. The summed E-state index contributed by atoms with van der Waals surface area (Å²) in [4.78, 5) is 0. The summed E-state index contributed by atoms with van der Waals surface area (Å²) in [5.41, 5.74) is 2.74. The Morgan fingerprint density at radius 3 is 2.48 bits per heavy atom. The Morgan fingerprint density at radius 1 is 0.960 bits per heavy atom. The highest BCUT2D eigenvalue weighted by atomic mass is 16.7. The van der Waals surface area contributed by atoms with E-state index in [9.17, 15) is 10.2 Å². The molecule has 2 aromatic carbocycles. The van der Waals surface area contributed by atoms with Gasteiger partial charge in [-0.05, 0) is 35.4 Å². The maximum atomic E-state index is 9.83. The highest BCUT2D eigenvalue weighted by molar-refractivity contribution is 5.73. The first-order chi connectivity index (χ1) is 12.2. The number of ether oxygens (including phenoxy) is 3. The predicted octanol–water partition coefficient (Wildman–Crippen LogP) is 3.35. The lowest BCUT2D eigenvalue weighted by Gasteiger charge is -2.13. The molecule has 6 nitrogen and oxygen atoms in total. The Balaban J connectivity index is 1.74. The third kappa shape index (κ3) is 2.71. The molecule has 2 heterocycles. The minimum Gasteiger partial charge on any atom is -0.496 e. The molecular weight excluding hydrogens is 322 g/mol. The Labute approximate surface area is 144 Å². The van der Waals surface area contributed by atoms with Gasteiger partial charge in [0.2, 0.25) is 6.79 Å². The van der Waals surface area contributed by atoms with Crippen LogP contribution >= 0.6 is 0 Å². The number of nitrogens with zero attached hydrogens (tertiary/aromatic N) is 1. The van der Waals surface area contributed by atoms with Crippen LogP contribution in [0.25, 0.3) is 11.1 Å². The molecular formula is C19H17NO5. The first-order valence-corrected chi connectivity index (χ1v) is 7.80. The van der Waals surface area contributed by atoms with Gasteiger partial charge in [0.05, 0.1) is 13.7 Å². The first-order valence-electron chi connectivity index (χ1n) is 7.80. The van der Waals surface area contributed by atoms with Crippen molar-refractivity contribution in [1.82, 2.24) is 4.57 Å². The van der Waals surface area contributed by atoms with Gasteiger partial charge >= 0.3 is 0 Å². The van der Waals surface area contributed by atoms with Crippen molar-refractivity contribution in [1.29, 1.82) is 0 Å². The maximum Gasteiger partial charge on any atom is 0.231 e. The van der Waals surface area contributed by atoms with E-state index in [2.05, 4.69) is 0 Å². The van der Waals surface area contributed by atoms with E-state index in [4.69, 9.17) is 14.2 Å². The molecule has 3 aromatic rings. The quantitative estimate of drug-likeness (QED) is 0.762. The third-order valence-electron chi connectivity index (χ3n) is 4.22. The van der Waals surface area contributed by atoms with Crippen molar-refractivity contribution in [2.75, 3.05) is 13.9 Å². The lowest BCUT2D eigenvalue weighted by atomic mass is 10.0. The minimum absolute atomic E-state index is 0.0120. The smallest absolute Gasteiger partial charge is 0.231 e. The second kappa shape index (κ2) is 5.98. The van der Waals surface area contributed by atoms with Crippen molar-refractivity contribution in [3.63, 3.8) is 0 Å². The molecule has 1 aliphatic heterocycles. The van der Waals surface area contributed by atoms with E-state index in [1.54, 1.807) is 7.11 Å². The summed E-state index contributed by atoms with van der Waals surface area (Å²) in [7, 11) is 1.62. The van der Waals surface area contributed by atoms with Crippen LogP contribution in [0, 0.1) is 0 Å². The SMILES string of the molecule is COc1ccc(Cn2c(O)ccc2O)cc1-c1ccc2c(c1)OCO2. The molecule has 128 valence electrons. The summed E-state index contributed by atoms with van der Waals surface area (Å²) in [6.07, 6.45) is 0. The minimum atomic E-state index is 0.0120. The van der Waals surface area contributed by atoms with E-state index in [-0.39, 0.29) is 18.6 Å². The average Bonchev–Trinajstić information content (AvgIpc) is 3.22. The Bertz CT molecular complexity index is 912. The molecule has 4 rings (SSSR count). The van der Waals surface area contributed by atoms with Crippen molar-refractivity contribution in [2.45, 2.75) is 6.54 Å². The molecule has 0 spiro atoms. The van der Waals surface area contributed by atoms with Crippen LogP contribution in [0.2, 0.25) is 0 Å². The second-order valence-corrected chi connectivity index (χ2v) is 5.74. The van der Waals surface area contributed by atoms with Crippen LogP contribution in [0.4, 0.5) is 0 Å². The molecule has 0 fully saturated rings. The lowest BCUT2D eigenvalue weighted by Crippen LogP contribution is -1.99. The number of benzene rings is 2. The van der Waals surface area contributed by atoms with Gasteiger partial charge in [-0.15, -0.1) is 0 Å². The van der Waals surface area contributed by atoms with Crippen LogP contribution < -0.4 is 14.2 Å². The Morgan fingerprint density at radius 2 is 1.72 bits per heavy atom. The fourth-order valence-electron chi connectivity index (χ4n) is 2.93. The normalized spacial score (nSPS) is 12.4. The van der Waals surface area contributed by atoms with Crippen LogP contribution in [-0.2, 0) is 6.54 Å². The fraction of sp³-hybridized carbons (Fsp3) is 0.158. The number of methoxy groups -OCH3 is 1. The van der Waals surface area contributed by atoms with Crippen molar-refractivity contribution < 1.29 is 24.4 Å². The Kier molecular flexibility index (Phi) is 3.65. The summed E-state index contributed by atoms with van der Waals surface area (Å²) in [5, 5.41) is 19.7. The van der Waals surface area contributed by atoms with Gasteiger partial charge in [-0.1, -0.05) is 12.1 Å². The van der Waals surface area contributed by atoms with Crippen molar-refractivity contribution in [3.8, 4) is 40.1 Å². The molecule has 1 aliphatic rings. The van der Waals surface area contributed by atoms with Gasteiger partial charge in [0, 0.05) is 17.7 Å². The van der Waals surface area contributed by atoms with Gasteiger partial charge in [-0.25, -0.2) is 0 Å². The molecule has 0 atom stereocenters. The summed E-state index contributed by atoms with van der Waals surface area (Å²) < 4.78 is 17.7. The summed E-state index contributed by atoms with van der Waals surface area (Å²) in [5.74, 6) is 2.17. The number of hydrogen-bond donors (Lipinski definition) is 2. The number of hydrogen-bond acceptors (Lipinski definition) is 5. The number of rotatable bonds is 4. The topological polar surface area (TPSA) is 73.1 Å².